The summed E-state index contributed by atoms with van der Waals surface area (Å²) < 4.78 is 6.03. The molecule has 1 aromatic heterocycles. The Balaban J connectivity index is 1.75. The number of halogens is 1. The van der Waals surface area contributed by atoms with Crippen molar-refractivity contribution in [1.29, 1.82) is 0 Å². The molecule has 146 valence electrons. The number of rotatable bonds is 5. The van der Waals surface area contributed by atoms with Gasteiger partial charge in [0.2, 0.25) is 0 Å². The van der Waals surface area contributed by atoms with Crippen LogP contribution in [-0.4, -0.2) is 6.61 Å². The number of hydrogen-bond acceptors (Lipinski definition) is 3. The Kier molecular flexibility index (Phi) is 5.35. The lowest BCUT2D eigenvalue weighted by atomic mass is 10.0. The minimum absolute atomic E-state index is 0.651. The predicted molar refractivity (Wildman–Crippen MR) is 127 cm³/mol. The number of anilines is 1. The molecular formula is C25H22ClNOS. The van der Waals surface area contributed by atoms with Gasteiger partial charge in [0.15, 0.2) is 0 Å². The first-order valence-electron chi connectivity index (χ1n) is 9.41. The lowest BCUT2D eigenvalue weighted by Gasteiger charge is -2.22. The van der Waals surface area contributed by atoms with Crippen molar-refractivity contribution in [1.82, 2.24) is 0 Å². The van der Waals surface area contributed by atoms with E-state index in [4.69, 9.17) is 16.3 Å². The normalized spacial score (nSPS) is 12.2. The van der Waals surface area contributed by atoms with E-state index in [2.05, 4.69) is 44.0 Å². The molecule has 1 aliphatic rings. The van der Waals surface area contributed by atoms with Crippen molar-refractivity contribution in [3.63, 3.8) is 0 Å². The minimum atomic E-state index is 0.651. The van der Waals surface area contributed by atoms with Crippen LogP contribution in [0.4, 0.5) is 5.69 Å². The van der Waals surface area contributed by atoms with Crippen LogP contribution in [-0.2, 0) is 6.42 Å². The first-order chi connectivity index (χ1) is 14.0. The second-order valence-corrected chi connectivity index (χ2v) is 8.46. The predicted octanol–water partition coefficient (Wildman–Crippen LogP) is 7.66. The summed E-state index contributed by atoms with van der Waals surface area (Å²) in [6.07, 6.45) is 2.61. The fourth-order valence-electron chi connectivity index (χ4n) is 3.47. The fourth-order valence-corrected chi connectivity index (χ4v) is 4.90. The van der Waals surface area contributed by atoms with Crippen LogP contribution in [0.5, 0.6) is 5.75 Å². The number of allylic oxidation sites excluding steroid dienone is 1. The van der Waals surface area contributed by atoms with E-state index in [-0.39, 0.29) is 0 Å². The van der Waals surface area contributed by atoms with Gasteiger partial charge in [-0.2, -0.15) is 0 Å². The molecule has 0 radical (unpaired) electrons. The smallest absolute Gasteiger partial charge is 0.128 e. The highest BCUT2D eigenvalue weighted by Gasteiger charge is 2.22. The molecule has 3 aromatic rings. The van der Waals surface area contributed by atoms with Crippen LogP contribution in [0.1, 0.15) is 22.9 Å². The Bertz CT molecular complexity index is 1130. The highest BCUT2D eigenvalue weighted by Crippen LogP contribution is 2.44. The van der Waals surface area contributed by atoms with E-state index in [1.807, 2.05) is 36.1 Å². The van der Waals surface area contributed by atoms with Gasteiger partial charge < -0.3 is 9.64 Å². The van der Waals surface area contributed by atoms with E-state index in [0.717, 1.165) is 45.1 Å². The monoisotopic (exact) mass is 419 g/mol. The highest BCUT2D eigenvalue weighted by molar-refractivity contribution is 7.16. The Morgan fingerprint density at radius 1 is 1.17 bits per heavy atom. The number of thiophene rings is 1. The maximum absolute atomic E-state index is 6.41. The molecule has 4 heteroatoms. The number of hydrogen-bond donors (Lipinski definition) is 0. The van der Waals surface area contributed by atoms with Crippen LogP contribution in [0.2, 0.25) is 5.02 Å². The van der Waals surface area contributed by atoms with E-state index in [0.29, 0.717) is 11.6 Å². The zero-order valence-electron chi connectivity index (χ0n) is 16.4. The Morgan fingerprint density at radius 3 is 2.69 bits per heavy atom. The summed E-state index contributed by atoms with van der Waals surface area (Å²) in [4.78, 5) is 4.26. The molecule has 0 saturated heterocycles. The Labute approximate surface area is 181 Å². The molecule has 0 amide bonds. The SMILES string of the molecule is C=CN(C(=C)c1cc2c(s1)-c1ccc(C(=C)C)cc1OCC2)c1ccccc1Cl. The molecule has 0 bridgehead atoms. The zero-order valence-corrected chi connectivity index (χ0v) is 17.9. The molecule has 0 N–H and O–H groups in total. The van der Waals surface area contributed by atoms with E-state index < -0.39 is 0 Å². The van der Waals surface area contributed by atoms with E-state index in [1.165, 1.54) is 10.4 Å². The molecule has 29 heavy (non-hydrogen) atoms. The minimum Gasteiger partial charge on any atom is -0.493 e. The van der Waals surface area contributed by atoms with Crippen LogP contribution in [0.25, 0.3) is 21.7 Å². The molecule has 0 unspecified atom stereocenters. The van der Waals surface area contributed by atoms with Gasteiger partial charge in [-0.05, 0) is 48.4 Å². The quantitative estimate of drug-likeness (QED) is 0.421. The van der Waals surface area contributed by atoms with Gasteiger partial charge in [0.1, 0.15) is 5.75 Å². The molecule has 1 aliphatic heterocycles. The molecule has 0 fully saturated rings. The lowest BCUT2D eigenvalue weighted by Crippen LogP contribution is -2.12. The average Bonchev–Trinajstić information content (AvgIpc) is 3.06. The van der Waals surface area contributed by atoms with Crippen molar-refractivity contribution in [2.75, 3.05) is 11.5 Å². The van der Waals surface area contributed by atoms with Gasteiger partial charge in [-0.25, -0.2) is 0 Å². The van der Waals surface area contributed by atoms with Gasteiger partial charge in [0, 0.05) is 23.1 Å². The topological polar surface area (TPSA) is 12.5 Å². The lowest BCUT2D eigenvalue weighted by molar-refractivity contribution is 0.326. The standard InChI is InChI=1S/C25H22ClNOS/c1-5-27(22-9-7-6-8-21(22)26)17(4)24-15-19-12-13-28-23-14-18(16(2)3)10-11-20(23)25(19)29-24/h5-11,14-15H,1-2,4,12-13H2,3H3. The number of nitrogens with zero attached hydrogens (tertiary/aromatic N) is 1. The maximum Gasteiger partial charge on any atom is 0.128 e. The summed E-state index contributed by atoms with van der Waals surface area (Å²) >= 11 is 8.13. The van der Waals surface area contributed by atoms with Crippen LogP contribution in [0.15, 0.2) is 74.5 Å². The number of para-hydroxylation sites is 1. The van der Waals surface area contributed by atoms with Gasteiger partial charge in [-0.15, -0.1) is 11.3 Å². The van der Waals surface area contributed by atoms with Crippen molar-refractivity contribution in [2.24, 2.45) is 0 Å². The highest BCUT2D eigenvalue weighted by atomic mass is 35.5. The van der Waals surface area contributed by atoms with Gasteiger partial charge in [0.25, 0.3) is 0 Å². The fraction of sp³-hybridized carbons (Fsp3) is 0.120. The van der Waals surface area contributed by atoms with Crippen molar-refractivity contribution in [3.8, 4) is 16.2 Å². The van der Waals surface area contributed by atoms with Gasteiger partial charge in [-0.1, -0.05) is 55.1 Å². The number of benzene rings is 2. The largest absolute Gasteiger partial charge is 0.493 e. The van der Waals surface area contributed by atoms with Crippen LogP contribution < -0.4 is 9.64 Å². The average molecular weight is 420 g/mol. The summed E-state index contributed by atoms with van der Waals surface area (Å²) in [6.45, 7) is 15.0. The number of fused-ring (bicyclic) bond motifs is 3. The van der Waals surface area contributed by atoms with Gasteiger partial charge in [0.05, 0.1) is 27.9 Å². The molecule has 2 heterocycles. The first kappa shape index (κ1) is 19.6. The third-order valence-electron chi connectivity index (χ3n) is 5.03. The third-order valence-corrected chi connectivity index (χ3v) is 6.61. The third kappa shape index (κ3) is 3.64. The molecule has 0 atom stereocenters. The van der Waals surface area contributed by atoms with E-state index in [9.17, 15) is 0 Å². The van der Waals surface area contributed by atoms with Crippen molar-refractivity contribution in [2.45, 2.75) is 13.3 Å². The van der Waals surface area contributed by atoms with E-state index >= 15 is 0 Å². The number of ether oxygens (including phenoxy) is 1. The zero-order chi connectivity index (χ0) is 20.5. The van der Waals surface area contributed by atoms with Crippen LogP contribution in [0, 0.1) is 0 Å². The van der Waals surface area contributed by atoms with Crippen molar-refractivity contribution < 1.29 is 4.74 Å². The van der Waals surface area contributed by atoms with Gasteiger partial charge in [-0.3, -0.25) is 0 Å². The molecule has 0 saturated carbocycles. The molecule has 2 nitrogen and oxygen atoms in total. The molecule has 2 aromatic carbocycles. The second-order valence-electron chi connectivity index (χ2n) is 7.01. The summed E-state index contributed by atoms with van der Waals surface area (Å²) in [5, 5.41) is 0.665. The first-order valence-corrected chi connectivity index (χ1v) is 10.6. The molecular weight excluding hydrogens is 398 g/mol. The summed E-state index contributed by atoms with van der Waals surface area (Å²) in [5.74, 6) is 0.912. The summed E-state index contributed by atoms with van der Waals surface area (Å²) in [6, 6.07) is 16.2. The molecule has 0 aliphatic carbocycles. The Morgan fingerprint density at radius 2 is 1.97 bits per heavy atom. The summed E-state index contributed by atoms with van der Waals surface area (Å²) in [7, 11) is 0. The van der Waals surface area contributed by atoms with E-state index in [1.54, 1.807) is 17.5 Å². The van der Waals surface area contributed by atoms with Crippen molar-refractivity contribution in [3.05, 3.63) is 95.5 Å². The Hall–Kier alpha value is -2.75. The van der Waals surface area contributed by atoms with Gasteiger partial charge >= 0.3 is 0 Å². The molecule has 4 rings (SSSR count). The van der Waals surface area contributed by atoms with Crippen molar-refractivity contribution >= 4 is 39.9 Å². The maximum atomic E-state index is 6.41. The molecule has 0 spiro atoms. The summed E-state index contributed by atoms with van der Waals surface area (Å²) in [5.41, 5.74) is 6.25. The van der Waals surface area contributed by atoms with Crippen LogP contribution >= 0.6 is 22.9 Å². The van der Waals surface area contributed by atoms with Crippen LogP contribution in [0.3, 0.4) is 0 Å². The second kappa shape index (κ2) is 7.94.